The topological polar surface area (TPSA) is 47.3 Å². The summed E-state index contributed by atoms with van der Waals surface area (Å²) in [5, 5.41) is 9.07. The molecule has 0 saturated carbocycles. The number of benzene rings is 1. The van der Waals surface area contributed by atoms with Gasteiger partial charge in [-0.3, -0.25) is 9.69 Å². The summed E-state index contributed by atoms with van der Waals surface area (Å²) in [5.41, 5.74) is 0.0881. The van der Waals surface area contributed by atoms with E-state index in [1.54, 1.807) is 17.0 Å². The van der Waals surface area contributed by atoms with Gasteiger partial charge in [-0.05, 0) is 34.5 Å². The fourth-order valence-electron chi connectivity index (χ4n) is 2.51. The zero-order chi connectivity index (χ0) is 15.4. The van der Waals surface area contributed by atoms with Crippen molar-refractivity contribution < 1.29 is 9.18 Å². The molecule has 1 amide bonds. The molecule has 1 aliphatic rings. The van der Waals surface area contributed by atoms with Crippen LogP contribution in [-0.4, -0.2) is 47.9 Å². The first-order valence-corrected chi connectivity index (χ1v) is 7.74. The molecule has 1 aromatic rings. The average Bonchev–Trinajstić information content (AvgIpc) is 2.51. The number of rotatable bonds is 3. The van der Waals surface area contributed by atoms with Crippen LogP contribution < -0.4 is 0 Å². The summed E-state index contributed by atoms with van der Waals surface area (Å²) in [6.45, 7) is 4.30. The highest BCUT2D eigenvalue weighted by Crippen LogP contribution is 2.20. The van der Waals surface area contributed by atoms with Gasteiger partial charge in [0.15, 0.2) is 0 Å². The highest BCUT2D eigenvalue weighted by molar-refractivity contribution is 9.10. The van der Waals surface area contributed by atoms with E-state index in [1.807, 2.05) is 6.92 Å². The number of nitriles is 1. The van der Waals surface area contributed by atoms with Crippen LogP contribution in [-0.2, 0) is 0 Å². The Morgan fingerprint density at radius 2 is 2.10 bits per heavy atom. The molecule has 112 valence electrons. The van der Waals surface area contributed by atoms with Crippen LogP contribution in [0.2, 0.25) is 0 Å². The maximum Gasteiger partial charge on any atom is 0.256 e. The largest absolute Gasteiger partial charge is 0.336 e. The van der Waals surface area contributed by atoms with E-state index in [-0.39, 0.29) is 17.5 Å². The first-order valence-electron chi connectivity index (χ1n) is 6.95. The summed E-state index contributed by atoms with van der Waals surface area (Å²) in [4.78, 5) is 16.1. The summed E-state index contributed by atoms with van der Waals surface area (Å²) in [5.74, 6) is -0.813. The zero-order valence-corrected chi connectivity index (χ0v) is 13.4. The van der Waals surface area contributed by atoms with E-state index in [9.17, 15) is 9.18 Å². The monoisotopic (exact) mass is 353 g/mol. The fourth-order valence-corrected chi connectivity index (χ4v) is 2.87. The predicted octanol–water partition coefficient (Wildman–Crippen LogP) is 2.65. The van der Waals surface area contributed by atoms with Crippen LogP contribution in [0.1, 0.15) is 23.7 Å². The molecule has 0 spiro atoms. The van der Waals surface area contributed by atoms with Gasteiger partial charge in [0.1, 0.15) is 5.82 Å². The minimum absolute atomic E-state index is 0.0881. The van der Waals surface area contributed by atoms with Gasteiger partial charge < -0.3 is 4.90 Å². The van der Waals surface area contributed by atoms with Crippen LogP contribution in [0.15, 0.2) is 22.7 Å². The van der Waals surface area contributed by atoms with Crippen molar-refractivity contribution in [2.75, 3.05) is 26.2 Å². The normalized spacial score (nSPS) is 17.3. The number of hydrogen-bond donors (Lipinski definition) is 0. The van der Waals surface area contributed by atoms with E-state index in [0.29, 0.717) is 30.7 Å². The van der Waals surface area contributed by atoms with Crippen molar-refractivity contribution in [1.82, 2.24) is 9.80 Å². The lowest BCUT2D eigenvalue weighted by molar-refractivity contribution is 0.0600. The van der Waals surface area contributed by atoms with E-state index in [0.717, 1.165) is 6.42 Å². The van der Waals surface area contributed by atoms with Crippen molar-refractivity contribution in [2.45, 2.75) is 19.4 Å². The molecule has 1 atom stereocenters. The van der Waals surface area contributed by atoms with E-state index < -0.39 is 5.82 Å². The standard InChI is InChI=1S/C15H17BrFN3O/c1-2-11(10-18)19-6-8-20(9-7-19)15(21)12-4-3-5-13(16)14(12)17/h3-5,11H,2,6-9H2,1H3. The summed E-state index contributed by atoms with van der Waals surface area (Å²) < 4.78 is 14.3. The van der Waals surface area contributed by atoms with E-state index in [4.69, 9.17) is 5.26 Å². The number of piperazine rings is 1. The van der Waals surface area contributed by atoms with Crippen LogP contribution in [0.25, 0.3) is 0 Å². The molecule has 1 fully saturated rings. The van der Waals surface area contributed by atoms with Crippen LogP contribution in [0.3, 0.4) is 0 Å². The molecular formula is C15H17BrFN3O. The maximum atomic E-state index is 14.0. The van der Waals surface area contributed by atoms with E-state index in [1.165, 1.54) is 6.07 Å². The van der Waals surface area contributed by atoms with Gasteiger partial charge in [0.2, 0.25) is 0 Å². The first-order chi connectivity index (χ1) is 10.1. The van der Waals surface area contributed by atoms with Gasteiger partial charge in [-0.15, -0.1) is 0 Å². The molecule has 1 heterocycles. The highest BCUT2D eigenvalue weighted by atomic mass is 79.9. The second kappa shape index (κ2) is 7.01. The number of amides is 1. The van der Waals surface area contributed by atoms with Crippen LogP contribution in [0.5, 0.6) is 0 Å². The molecule has 1 aromatic carbocycles. The molecule has 0 radical (unpaired) electrons. The Hall–Kier alpha value is -1.45. The lowest BCUT2D eigenvalue weighted by atomic mass is 10.1. The van der Waals surface area contributed by atoms with Crippen molar-refractivity contribution in [3.8, 4) is 6.07 Å². The van der Waals surface area contributed by atoms with Gasteiger partial charge >= 0.3 is 0 Å². The van der Waals surface area contributed by atoms with Crippen molar-refractivity contribution >= 4 is 21.8 Å². The predicted molar refractivity (Wildman–Crippen MR) is 81.3 cm³/mol. The van der Waals surface area contributed by atoms with Crippen LogP contribution in [0.4, 0.5) is 4.39 Å². The lowest BCUT2D eigenvalue weighted by Crippen LogP contribution is -2.51. The number of halogens is 2. The van der Waals surface area contributed by atoms with Crippen LogP contribution in [0, 0.1) is 17.1 Å². The fraction of sp³-hybridized carbons (Fsp3) is 0.467. The maximum absolute atomic E-state index is 14.0. The van der Waals surface area contributed by atoms with E-state index in [2.05, 4.69) is 26.9 Å². The zero-order valence-electron chi connectivity index (χ0n) is 11.9. The SMILES string of the molecule is CCC(C#N)N1CCN(C(=O)c2cccc(Br)c2F)CC1. The van der Waals surface area contributed by atoms with Gasteiger partial charge in [-0.25, -0.2) is 4.39 Å². The molecule has 0 aromatic heterocycles. The second-order valence-corrected chi connectivity index (χ2v) is 5.84. The third kappa shape index (κ3) is 3.42. The Labute approximate surface area is 132 Å². The smallest absolute Gasteiger partial charge is 0.256 e. The molecule has 0 bridgehead atoms. The Morgan fingerprint density at radius 1 is 1.43 bits per heavy atom. The number of carbonyl (C=O) groups excluding carboxylic acids is 1. The van der Waals surface area contributed by atoms with E-state index >= 15 is 0 Å². The Morgan fingerprint density at radius 3 is 2.67 bits per heavy atom. The third-order valence-corrected chi connectivity index (χ3v) is 4.37. The van der Waals surface area contributed by atoms with Gasteiger partial charge in [-0.1, -0.05) is 13.0 Å². The lowest BCUT2D eigenvalue weighted by Gasteiger charge is -2.36. The summed E-state index contributed by atoms with van der Waals surface area (Å²) >= 11 is 3.10. The minimum atomic E-state index is -0.520. The molecule has 1 saturated heterocycles. The van der Waals surface area contributed by atoms with Gasteiger partial charge in [-0.2, -0.15) is 5.26 Å². The van der Waals surface area contributed by atoms with Gasteiger partial charge in [0, 0.05) is 26.2 Å². The molecule has 0 aliphatic carbocycles. The molecule has 1 aliphatic heterocycles. The van der Waals surface area contributed by atoms with Crippen molar-refractivity contribution in [3.05, 3.63) is 34.1 Å². The molecule has 21 heavy (non-hydrogen) atoms. The number of carbonyl (C=O) groups is 1. The Bertz CT molecular complexity index is 565. The third-order valence-electron chi connectivity index (χ3n) is 3.76. The minimum Gasteiger partial charge on any atom is -0.336 e. The average molecular weight is 354 g/mol. The number of hydrogen-bond acceptors (Lipinski definition) is 3. The molecular weight excluding hydrogens is 337 g/mol. The molecule has 1 unspecified atom stereocenters. The highest BCUT2D eigenvalue weighted by Gasteiger charge is 2.27. The van der Waals surface area contributed by atoms with Crippen LogP contribution >= 0.6 is 15.9 Å². The first kappa shape index (κ1) is 15.9. The second-order valence-electron chi connectivity index (χ2n) is 4.98. The molecule has 6 heteroatoms. The summed E-state index contributed by atoms with van der Waals surface area (Å²) in [6.07, 6.45) is 0.769. The van der Waals surface area contributed by atoms with Crippen molar-refractivity contribution in [2.24, 2.45) is 0 Å². The van der Waals surface area contributed by atoms with Crippen molar-refractivity contribution in [1.29, 1.82) is 5.26 Å². The van der Waals surface area contributed by atoms with Crippen molar-refractivity contribution in [3.63, 3.8) is 0 Å². The molecule has 4 nitrogen and oxygen atoms in total. The summed E-state index contributed by atoms with van der Waals surface area (Å²) in [7, 11) is 0. The quantitative estimate of drug-likeness (QED) is 0.839. The Balaban J connectivity index is 2.04. The molecule has 0 N–H and O–H groups in total. The Kier molecular flexibility index (Phi) is 5.32. The van der Waals surface area contributed by atoms with Gasteiger partial charge in [0.05, 0.1) is 22.1 Å². The molecule has 2 rings (SSSR count). The number of nitrogens with zero attached hydrogens (tertiary/aromatic N) is 3. The summed E-state index contributed by atoms with van der Waals surface area (Å²) in [6, 6.07) is 6.89. The van der Waals surface area contributed by atoms with Gasteiger partial charge in [0.25, 0.3) is 5.91 Å².